The zero-order valence-electron chi connectivity index (χ0n) is 10.7. The molecule has 4 heteroatoms. The van der Waals surface area contributed by atoms with Crippen LogP contribution in [0.5, 0.6) is 5.75 Å². The molecule has 1 unspecified atom stereocenters. The highest BCUT2D eigenvalue weighted by molar-refractivity contribution is 9.09. The number of hydrogen-bond donors (Lipinski definition) is 0. The van der Waals surface area contributed by atoms with Crippen LogP contribution in [0.15, 0.2) is 34.7 Å². The maximum Gasteiger partial charge on any atom is 0.193 e. The molecule has 100 valence electrons. The first-order valence-corrected chi connectivity index (χ1v) is 7.43. The minimum Gasteiger partial charge on any atom is -0.492 e. The molecule has 0 radical (unpaired) electrons. The molecule has 0 aliphatic carbocycles. The third-order valence-corrected chi connectivity index (χ3v) is 4.64. The number of furan rings is 1. The molecule has 1 aromatic carbocycles. The summed E-state index contributed by atoms with van der Waals surface area (Å²) in [5.74, 6) is 1.78. The number of ether oxygens (including phenoxy) is 1. The molecule has 2 nitrogen and oxygen atoms in total. The molecule has 0 saturated heterocycles. The lowest BCUT2D eigenvalue weighted by Crippen LogP contribution is -2.18. The van der Waals surface area contributed by atoms with Crippen LogP contribution in [0.3, 0.4) is 0 Å². The topological polar surface area (TPSA) is 22.4 Å². The van der Waals surface area contributed by atoms with Gasteiger partial charge in [-0.2, -0.15) is 0 Å². The average molecular weight is 342 g/mol. The van der Waals surface area contributed by atoms with E-state index in [1.807, 2.05) is 12.1 Å². The Morgan fingerprint density at radius 3 is 2.74 bits per heavy atom. The van der Waals surface area contributed by atoms with E-state index < -0.39 is 0 Å². The van der Waals surface area contributed by atoms with Crippen LogP contribution in [0.25, 0.3) is 0 Å². The molecule has 0 bridgehead atoms. The minimum atomic E-state index is 0.00157. The van der Waals surface area contributed by atoms with E-state index >= 15 is 0 Å². The van der Waals surface area contributed by atoms with Crippen molar-refractivity contribution in [3.63, 3.8) is 0 Å². The Hall–Kier alpha value is -0.930. The van der Waals surface area contributed by atoms with Crippen molar-refractivity contribution < 1.29 is 9.15 Å². The number of alkyl halides is 1. The van der Waals surface area contributed by atoms with E-state index in [2.05, 4.69) is 41.9 Å². The Morgan fingerprint density at radius 2 is 2.05 bits per heavy atom. The maximum absolute atomic E-state index is 5.82. The minimum absolute atomic E-state index is 0.00157. The summed E-state index contributed by atoms with van der Waals surface area (Å²) in [4.78, 5) is 0.00157. The van der Waals surface area contributed by atoms with Crippen molar-refractivity contribution >= 4 is 27.5 Å². The van der Waals surface area contributed by atoms with Crippen LogP contribution in [0.4, 0.5) is 0 Å². The second-order valence-corrected chi connectivity index (χ2v) is 6.72. The van der Waals surface area contributed by atoms with Gasteiger partial charge in [0.05, 0.1) is 11.4 Å². The van der Waals surface area contributed by atoms with Gasteiger partial charge in [-0.3, -0.25) is 0 Å². The van der Waals surface area contributed by atoms with Crippen LogP contribution in [-0.2, 0) is 5.41 Å². The molecule has 0 amide bonds. The number of benzene rings is 1. The third-order valence-electron chi connectivity index (χ3n) is 3.46. The van der Waals surface area contributed by atoms with Crippen molar-refractivity contribution in [3.05, 3.63) is 52.4 Å². The second-order valence-electron chi connectivity index (χ2n) is 5.43. The molecule has 1 atom stereocenters. The molecule has 0 spiro atoms. The van der Waals surface area contributed by atoms with Crippen LogP contribution in [0.2, 0.25) is 5.22 Å². The van der Waals surface area contributed by atoms with E-state index in [1.165, 1.54) is 5.56 Å². The van der Waals surface area contributed by atoms with E-state index in [0.29, 0.717) is 5.22 Å². The van der Waals surface area contributed by atoms with E-state index in [9.17, 15) is 0 Å². The molecule has 1 aliphatic heterocycles. The van der Waals surface area contributed by atoms with E-state index in [0.717, 1.165) is 23.7 Å². The lowest BCUT2D eigenvalue weighted by molar-refractivity contribution is 0.291. The van der Waals surface area contributed by atoms with Gasteiger partial charge in [0, 0.05) is 11.0 Å². The standard InChI is InChI=1S/C15H14BrClO2/c1-15(2)8-18-11-4-3-9(7-10(11)15)14(16)12-5-6-13(17)19-12/h3-7,14H,8H2,1-2H3. The first kappa shape index (κ1) is 13.1. The van der Waals surface area contributed by atoms with Crippen molar-refractivity contribution in [2.75, 3.05) is 6.61 Å². The number of hydrogen-bond acceptors (Lipinski definition) is 2. The molecule has 2 aromatic rings. The highest BCUT2D eigenvalue weighted by Gasteiger charge is 2.32. The highest BCUT2D eigenvalue weighted by atomic mass is 79.9. The Bertz CT molecular complexity index is 618. The fourth-order valence-corrected chi connectivity index (χ4v) is 3.01. The van der Waals surface area contributed by atoms with Gasteiger partial charge in [0.15, 0.2) is 5.22 Å². The Balaban J connectivity index is 1.99. The maximum atomic E-state index is 5.82. The second kappa shape index (κ2) is 4.57. The average Bonchev–Trinajstić information content (AvgIpc) is 2.93. The van der Waals surface area contributed by atoms with Crippen molar-refractivity contribution in [1.82, 2.24) is 0 Å². The molecule has 0 fully saturated rings. The summed E-state index contributed by atoms with van der Waals surface area (Å²) in [5.41, 5.74) is 2.44. The lowest BCUT2D eigenvalue weighted by Gasteiger charge is -2.17. The monoisotopic (exact) mass is 340 g/mol. The summed E-state index contributed by atoms with van der Waals surface area (Å²) >= 11 is 9.48. The van der Waals surface area contributed by atoms with Gasteiger partial charge in [-0.15, -0.1) is 0 Å². The van der Waals surface area contributed by atoms with E-state index in [-0.39, 0.29) is 10.2 Å². The van der Waals surface area contributed by atoms with Crippen molar-refractivity contribution in [3.8, 4) is 5.75 Å². The van der Waals surface area contributed by atoms with Crippen LogP contribution in [0, 0.1) is 0 Å². The van der Waals surface area contributed by atoms with Gasteiger partial charge in [-0.1, -0.05) is 35.8 Å². The Kier molecular flexibility index (Phi) is 3.14. The fourth-order valence-electron chi connectivity index (χ4n) is 2.32. The van der Waals surface area contributed by atoms with Gasteiger partial charge in [-0.25, -0.2) is 0 Å². The molecule has 0 saturated carbocycles. The largest absolute Gasteiger partial charge is 0.492 e. The lowest BCUT2D eigenvalue weighted by atomic mass is 9.86. The molecular formula is C15H14BrClO2. The molecule has 1 aromatic heterocycles. The number of rotatable bonds is 2. The molecule has 19 heavy (non-hydrogen) atoms. The van der Waals surface area contributed by atoms with Crippen LogP contribution in [-0.4, -0.2) is 6.61 Å². The smallest absolute Gasteiger partial charge is 0.193 e. The highest BCUT2D eigenvalue weighted by Crippen LogP contribution is 2.42. The van der Waals surface area contributed by atoms with Crippen LogP contribution >= 0.6 is 27.5 Å². The van der Waals surface area contributed by atoms with Crippen molar-refractivity contribution in [1.29, 1.82) is 0 Å². The first-order chi connectivity index (χ1) is 8.97. The van der Waals surface area contributed by atoms with Crippen molar-refractivity contribution in [2.45, 2.75) is 24.1 Å². The Morgan fingerprint density at radius 1 is 1.26 bits per heavy atom. The van der Waals surface area contributed by atoms with Gasteiger partial charge in [-0.05, 0) is 41.4 Å². The van der Waals surface area contributed by atoms with Crippen molar-refractivity contribution in [2.24, 2.45) is 0 Å². The van der Waals surface area contributed by atoms with Gasteiger partial charge < -0.3 is 9.15 Å². The molecule has 0 N–H and O–H groups in total. The summed E-state index contributed by atoms with van der Waals surface area (Å²) in [5, 5.41) is 0.407. The number of fused-ring (bicyclic) bond motifs is 1. The van der Waals surface area contributed by atoms with E-state index in [4.69, 9.17) is 20.8 Å². The van der Waals surface area contributed by atoms with Gasteiger partial charge >= 0.3 is 0 Å². The number of halogens is 2. The molecular weight excluding hydrogens is 328 g/mol. The van der Waals surface area contributed by atoms with Gasteiger partial charge in [0.1, 0.15) is 11.5 Å². The summed E-state index contributed by atoms with van der Waals surface area (Å²) in [7, 11) is 0. The van der Waals surface area contributed by atoms with Gasteiger partial charge in [0.2, 0.25) is 0 Å². The summed E-state index contributed by atoms with van der Waals surface area (Å²) in [6.07, 6.45) is 0. The van der Waals surface area contributed by atoms with Gasteiger partial charge in [0.25, 0.3) is 0 Å². The zero-order valence-corrected chi connectivity index (χ0v) is 13.1. The molecule has 1 aliphatic rings. The molecule has 2 heterocycles. The normalized spacial score (nSPS) is 17.9. The predicted octanol–water partition coefficient (Wildman–Crippen LogP) is 5.09. The third kappa shape index (κ3) is 2.30. The van der Waals surface area contributed by atoms with Crippen LogP contribution in [0.1, 0.15) is 35.6 Å². The van der Waals surface area contributed by atoms with Crippen LogP contribution < -0.4 is 4.74 Å². The quantitative estimate of drug-likeness (QED) is 0.710. The SMILES string of the molecule is CC1(C)COc2ccc(C(Br)c3ccc(Cl)o3)cc21. The zero-order chi connectivity index (χ0) is 13.6. The summed E-state index contributed by atoms with van der Waals surface area (Å²) in [6, 6.07) is 9.90. The summed E-state index contributed by atoms with van der Waals surface area (Å²) in [6.45, 7) is 5.11. The first-order valence-electron chi connectivity index (χ1n) is 6.14. The Labute approximate surface area is 125 Å². The molecule has 3 rings (SSSR count). The fraction of sp³-hybridized carbons (Fsp3) is 0.333. The summed E-state index contributed by atoms with van der Waals surface area (Å²) < 4.78 is 11.2. The van der Waals surface area contributed by atoms with E-state index in [1.54, 1.807) is 6.07 Å². The predicted molar refractivity (Wildman–Crippen MR) is 79.5 cm³/mol.